The number of benzene rings is 2. The van der Waals surface area contributed by atoms with E-state index in [-0.39, 0.29) is 12.2 Å². The van der Waals surface area contributed by atoms with Crippen molar-refractivity contribution in [2.24, 2.45) is 0 Å². The van der Waals surface area contributed by atoms with E-state index in [1.807, 2.05) is 60.7 Å². The lowest BCUT2D eigenvalue weighted by atomic mass is 10.0. The number of aromatic nitrogens is 2. The van der Waals surface area contributed by atoms with Gasteiger partial charge in [-0.2, -0.15) is 15.6 Å². The fourth-order valence-corrected chi connectivity index (χ4v) is 3.00. The van der Waals surface area contributed by atoms with Crippen molar-refractivity contribution in [3.8, 4) is 34.5 Å². The molecule has 0 aliphatic carbocycles. The summed E-state index contributed by atoms with van der Waals surface area (Å²) in [7, 11) is 0. The van der Waals surface area contributed by atoms with Crippen LogP contribution in [0.15, 0.2) is 66.4 Å². The van der Waals surface area contributed by atoms with Gasteiger partial charge in [0.15, 0.2) is 0 Å². The van der Waals surface area contributed by atoms with Crippen molar-refractivity contribution < 1.29 is 9.53 Å². The molecule has 1 aromatic heterocycles. The van der Waals surface area contributed by atoms with Crippen LogP contribution >= 0.6 is 0 Å². The predicted octanol–water partition coefficient (Wildman–Crippen LogP) is 4.60. The number of carbonyl (C=O) groups is 1. The van der Waals surface area contributed by atoms with Gasteiger partial charge in [-0.15, -0.1) is 0 Å². The first-order valence-electron chi connectivity index (χ1n) is 9.55. The molecule has 3 aromatic rings. The molecule has 1 heterocycles. The molecule has 148 valence electrons. The Hall–Kier alpha value is -4.16. The lowest BCUT2D eigenvalue weighted by molar-refractivity contribution is -0.137. The van der Waals surface area contributed by atoms with Gasteiger partial charge in [-0.1, -0.05) is 54.6 Å². The van der Waals surface area contributed by atoms with Gasteiger partial charge in [0.1, 0.15) is 11.6 Å². The minimum Gasteiger partial charge on any atom is -0.462 e. The molecular weight excluding hydrogens is 376 g/mol. The quantitative estimate of drug-likeness (QED) is 0.331. The van der Waals surface area contributed by atoms with Crippen LogP contribution in [0.1, 0.15) is 18.9 Å². The normalized spacial score (nSPS) is 10.8. The molecule has 3 rings (SSSR count). The Labute approximate surface area is 175 Å². The van der Waals surface area contributed by atoms with Crippen molar-refractivity contribution in [1.82, 2.24) is 9.78 Å². The van der Waals surface area contributed by atoms with Gasteiger partial charge in [0.25, 0.3) is 0 Å². The van der Waals surface area contributed by atoms with Gasteiger partial charge >= 0.3 is 5.97 Å². The fraction of sp³-hybridized carbons (Fsp3) is 0.167. The summed E-state index contributed by atoms with van der Waals surface area (Å²) in [6.45, 7) is 2.29. The van der Waals surface area contributed by atoms with Crippen LogP contribution in [0.25, 0.3) is 28.5 Å². The zero-order valence-electron chi connectivity index (χ0n) is 16.6. The van der Waals surface area contributed by atoms with E-state index in [4.69, 9.17) is 10.00 Å². The summed E-state index contributed by atoms with van der Waals surface area (Å²) in [6, 6.07) is 21.9. The highest BCUT2D eigenvalue weighted by Gasteiger charge is 2.15. The zero-order valence-corrected chi connectivity index (χ0v) is 16.6. The monoisotopic (exact) mass is 396 g/mol. The van der Waals surface area contributed by atoms with Crippen LogP contribution < -0.4 is 0 Å². The Morgan fingerprint density at radius 1 is 1.07 bits per heavy atom. The maximum absolute atomic E-state index is 12.0. The van der Waals surface area contributed by atoms with Gasteiger partial charge in [0.2, 0.25) is 0 Å². The number of rotatable bonds is 7. The summed E-state index contributed by atoms with van der Waals surface area (Å²) in [5.74, 6) is -0.671. The Bertz CT molecular complexity index is 1130. The van der Waals surface area contributed by atoms with Gasteiger partial charge in [-0.05, 0) is 24.1 Å². The SMILES string of the molecule is CCOC(=O)/C(C#N)=C\c1cn(CCC#N)nc1-c1ccc(-c2ccccc2)cc1. The molecule has 0 atom stereocenters. The van der Waals surface area contributed by atoms with Crippen LogP contribution in [-0.4, -0.2) is 22.4 Å². The largest absolute Gasteiger partial charge is 0.462 e. The summed E-state index contributed by atoms with van der Waals surface area (Å²) < 4.78 is 6.60. The van der Waals surface area contributed by atoms with E-state index in [1.54, 1.807) is 17.8 Å². The first kappa shape index (κ1) is 20.6. The van der Waals surface area contributed by atoms with Crippen LogP contribution in [0.3, 0.4) is 0 Å². The molecule has 0 saturated heterocycles. The lowest BCUT2D eigenvalue weighted by Gasteiger charge is -2.04. The highest BCUT2D eigenvalue weighted by molar-refractivity contribution is 5.98. The van der Waals surface area contributed by atoms with Crippen molar-refractivity contribution >= 4 is 12.0 Å². The van der Waals surface area contributed by atoms with E-state index in [1.165, 1.54) is 6.08 Å². The van der Waals surface area contributed by atoms with E-state index in [0.717, 1.165) is 16.7 Å². The third kappa shape index (κ3) is 4.81. The fourth-order valence-electron chi connectivity index (χ4n) is 3.00. The van der Waals surface area contributed by atoms with Gasteiger partial charge in [0, 0.05) is 17.3 Å². The van der Waals surface area contributed by atoms with Crippen molar-refractivity contribution in [3.05, 3.63) is 71.9 Å². The summed E-state index contributed by atoms with van der Waals surface area (Å²) >= 11 is 0. The van der Waals surface area contributed by atoms with E-state index < -0.39 is 5.97 Å². The number of nitriles is 2. The third-order valence-corrected chi connectivity index (χ3v) is 4.42. The maximum atomic E-state index is 12.0. The number of ether oxygens (including phenoxy) is 1. The highest BCUT2D eigenvalue weighted by Crippen LogP contribution is 2.27. The minimum atomic E-state index is -0.671. The molecule has 0 aliphatic heterocycles. The molecule has 0 fully saturated rings. The molecule has 0 radical (unpaired) electrons. The van der Waals surface area contributed by atoms with Gasteiger partial charge in [0.05, 0.1) is 31.3 Å². The first-order chi connectivity index (χ1) is 14.7. The van der Waals surface area contributed by atoms with Gasteiger partial charge < -0.3 is 4.74 Å². The van der Waals surface area contributed by atoms with E-state index in [0.29, 0.717) is 24.2 Å². The molecule has 0 bridgehead atoms. The van der Waals surface area contributed by atoms with E-state index >= 15 is 0 Å². The predicted molar refractivity (Wildman–Crippen MR) is 114 cm³/mol. The number of carbonyl (C=O) groups excluding carboxylic acids is 1. The summed E-state index contributed by atoms with van der Waals surface area (Å²) in [4.78, 5) is 12.0. The Kier molecular flexibility index (Phi) is 6.76. The lowest BCUT2D eigenvalue weighted by Crippen LogP contribution is -2.06. The molecule has 2 aromatic carbocycles. The topological polar surface area (TPSA) is 91.7 Å². The van der Waals surface area contributed by atoms with Crippen LogP contribution in [-0.2, 0) is 16.1 Å². The second kappa shape index (κ2) is 9.86. The Balaban J connectivity index is 2.01. The molecule has 0 saturated carbocycles. The number of nitrogens with zero attached hydrogens (tertiary/aromatic N) is 4. The van der Waals surface area contributed by atoms with Crippen molar-refractivity contribution in [2.75, 3.05) is 6.61 Å². The maximum Gasteiger partial charge on any atom is 0.348 e. The van der Waals surface area contributed by atoms with Crippen LogP contribution in [0.5, 0.6) is 0 Å². The molecule has 30 heavy (non-hydrogen) atoms. The number of hydrogen-bond donors (Lipinski definition) is 0. The van der Waals surface area contributed by atoms with Crippen LogP contribution in [0.4, 0.5) is 0 Å². The van der Waals surface area contributed by atoms with Gasteiger partial charge in [-0.3, -0.25) is 4.68 Å². The van der Waals surface area contributed by atoms with Crippen molar-refractivity contribution in [1.29, 1.82) is 10.5 Å². The molecule has 0 unspecified atom stereocenters. The third-order valence-electron chi connectivity index (χ3n) is 4.42. The number of esters is 1. The van der Waals surface area contributed by atoms with E-state index in [9.17, 15) is 10.1 Å². The number of aryl methyl sites for hydroxylation is 1. The van der Waals surface area contributed by atoms with Crippen molar-refractivity contribution in [3.63, 3.8) is 0 Å². The molecule has 0 aliphatic rings. The molecule has 0 N–H and O–H groups in total. The van der Waals surface area contributed by atoms with Crippen LogP contribution in [0, 0.1) is 22.7 Å². The molecule has 0 amide bonds. The molecule has 6 heteroatoms. The standard InChI is InChI=1S/C24H20N4O2/c1-2-30-24(29)21(16-26)15-22-17-28(14-6-13-25)27-23(22)20-11-9-19(10-12-20)18-7-4-3-5-8-18/h3-5,7-12,15,17H,2,6,14H2,1H3/b21-15-. The zero-order chi connectivity index (χ0) is 21.3. The minimum absolute atomic E-state index is 0.0983. The smallest absolute Gasteiger partial charge is 0.348 e. The Morgan fingerprint density at radius 3 is 2.37 bits per heavy atom. The first-order valence-corrected chi connectivity index (χ1v) is 9.55. The van der Waals surface area contributed by atoms with Crippen LogP contribution in [0.2, 0.25) is 0 Å². The molecular formula is C24H20N4O2. The molecule has 6 nitrogen and oxygen atoms in total. The van der Waals surface area contributed by atoms with Crippen molar-refractivity contribution in [2.45, 2.75) is 19.9 Å². The second-order valence-electron chi connectivity index (χ2n) is 6.44. The molecule has 0 spiro atoms. The van der Waals surface area contributed by atoms with E-state index in [2.05, 4.69) is 11.2 Å². The summed E-state index contributed by atoms with van der Waals surface area (Å²) in [5, 5.41) is 22.8. The van der Waals surface area contributed by atoms with Gasteiger partial charge in [-0.25, -0.2) is 4.79 Å². The number of hydrogen-bond acceptors (Lipinski definition) is 5. The summed E-state index contributed by atoms with van der Waals surface area (Å²) in [6.07, 6.45) is 3.52. The summed E-state index contributed by atoms with van der Waals surface area (Å²) in [5.41, 5.74) is 4.17. The average molecular weight is 396 g/mol. The second-order valence-corrected chi connectivity index (χ2v) is 6.44. The Morgan fingerprint density at radius 2 is 1.73 bits per heavy atom. The average Bonchev–Trinajstić information content (AvgIpc) is 3.19. The highest BCUT2D eigenvalue weighted by atomic mass is 16.5.